The van der Waals surface area contributed by atoms with E-state index in [1.807, 2.05) is 40.9 Å². The molecule has 4 aromatic rings. The van der Waals surface area contributed by atoms with Gasteiger partial charge in [-0.25, -0.2) is 0 Å². The summed E-state index contributed by atoms with van der Waals surface area (Å²) in [5.41, 5.74) is 1.65. The van der Waals surface area contributed by atoms with Gasteiger partial charge in [0.25, 0.3) is 0 Å². The van der Waals surface area contributed by atoms with Gasteiger partial charge in [-0.15, -0.1) is 20.4 Å². The molecular formula is C15H10ClN5OS. The third-order valence-corrected chi connectivity index (χ3v) is 4.35. The highest BCUT2D eigenvalue weighted by Crippen LogP contribution is 2.24. The second-order valence-corrected chi connectivity index (χ2v) is 6.09. The lowest BCUT2D eigenvalue weighted by Gasteiger charge is -1.97. The number of aromatic nitrogens is 5. The molecule has 6 nitrogen and oxygen atoms in total. The quantitative estimate of drug-likeness (QED) is 0.526. The predicted molar refractivity (Wildman–Crippen MR) is 87.3 cm³/mol. The van der Waals surface area contributed by atoms with Gasteiger partial charge in [0.2, 0.25) is 11.8 Å². The van der Waals surface area contributed by atoms with E-state index in [1.54, 1.807) is 12.1 Å². The zero-order valence-electron chi connectivity index (χ0n) is 11.8. The van der Waals surface area contributed by atoms with Crippen LogP contribution in [0.5, 0.6) is 0 Å². The molecule has 0 spiro atoms. The Balaban J connectivity index is 1.51. The van der Waals surface area contributed by atoms with Crippen LogP contribution in [0.25, 0.3) is 17.1 Å². The summed E-state index contributed by atoms with van der Waals surface area (Å²) in [6, 6.07) is 13.0. The van der Waals surface area contributed by atoms with E-state index in [2.05, 4.69) is 20.4 Å². The Morgan fingerprint density at radius 1 is 1.00 bits per heavy atom. The van der Waals surface area contributed by atoms with E-state index in [0.717, 1.165) is 16.4 Å². The number of benzene rings is 1. The summed E-state index contributed by atoms with van der Waals surface area (Å²) in [5, 5.41) is 17.8. The third kappa shape index (κ3) is 2.93. The standard InChI is InChI=1S/C15H10ClN5OS/c16-11-6-4-10(5-7-11)14-19-18-13(22-14)9-23-15-20-17-12-3-1-2-8-21(12)15/h1-8H,9H2. The number of rotatable bonds is 4. The predicted octanol–water partition coefficient (Wildman–Crippen LogP) is 3.73. The summed E-state index contributed by atoms with van der Waals surface area (Å²) in [5.74, 6) is 1.53. The Morgan fingerprint density at radius 2 is 1.87 bits per heavy atom. The smallest absolute Gasteiger partial charge is 0.247 e. The van der Waals surface area contributed by atoms with Crippen molar-refractivity contribution in [3.05, 3.63) is 59.6 Å². The number of nitrogens with zero attached hydrogens (tertiary/aromatic N) is 5. The Kier molecular flexibility index (Phi) is 3.72. The van der Waals surface area contributed by atoms with E-state index in [9.17, 15) is 0 Å². The maximum Gasteiger partial charge on any atom is 0.247 e. The van der Waals surface area contributed by atoms with Crippen LogP contribution in [0.1, 0.15) is 5.89 Å². The monoisotopic (exact) mass is 343 g/mol. The highest BCUT2D eigenvalue weighted by atomic mass is 35.5. The van der Waals surface area contributed by atoms with Gasteiger partial charge in [0.05, 0.1) is 5.75 Å². The van der Waals surface area contributed by atoms with Gasteiger partial charge in [0, 0.05) is 16.8 Å². The number of pyridine rings is 1. The number of hydrogen-bond acceptors (Lipinski definition) is 6. The topological polar surface area (TPSA) is 69.1 Å². The van der Waals surface area contributed by atoms with Crippen LogP contribution >= 0.6 is 23.4 Å². The Bertz CT molecular complexity index is 950. The summed E-state index contributed by atoms with van der Waals surface area (Å²) in [6.45, 7) is 0. The van der Waals surface area contributed by atoms with Crippen molar-refractivity contribution >= 4 is 29.0 Å². The first-order valence-corrected chi connectivity index (χ1v) is 8.17. The fourth-order valence-electron chi connectivity index (χ4n) is 2.07. The molecule has 0 amide bonds. The average molecular weight is 344 g/mol. The van der Waals surface area contributed by atoms with Crippen molar-refractivity contribution in [1.82, 2.24) is 24.8 Å². The highest BCUT2D eigenvalue weighted by Gasteiger charge is 2.11. The molecule has 114 valence electrons. The van der Waals surface area contributed by atoms with Crippen molar-refractivity contribution in [1.29, 1.82) is 0 Å². The van der Waals surface area contributed by atoms with Gasteiger partial charge < -0.3 is 4.42 Å². The van der Waals surface area contributed by atoms with E-state index >= 15 is 0 Å². The molecule has 0 bridgehead atoms. The van der Waals surface area contributed by atoms with Crippen LogP contribution in [0, 0.1) is 0 Å². The SMILES string of the molecule is Clc1ccc(-c2nnc(CSc3nnc4ccccn34)o2)cc1. The van der Waals surface area contributed by atoms with E-state index in [-0.39, 0.29) is 0 Å². The molecule has 0 saturated carbocycles. The molecule has 0 N–H and O–H groups in total. The first-order valence-electron chi connectivity index (χ1n) is 6.80. The molecule has 23 heavy (non-hydrogen) atoms. The van der Waals surface area contributed by atoms with E-state index < -0.39 is 0 Å². The molecule has 0 fully saturated rings. The van der Waals surface area contributed by atoms with Crippen LogP contribution in [0.3, 0.4) is 0 Å². The van der Waals surface area contributed by atoms with Crippen molar-refractivity contribution in [3.63, 3.8) is 0 Å². The fourth-order valence-corrected chi connectivity index (χ4v) is 2.95. The van der Waals surface area contributed by atoms with Crippen LogP contribution in [-0.2, 0) is 5.75 Å². The van der Waals surface area contributed by atoms with E-state index in [1.165, 1.54) is 11.8 Å². The normalized spacial score (nSPS) is 11.2. The Labute approximate surface area is 140 Å². The van der Waals surface area contributed by atoms with Crippen LogP contribution in [0.2, 0.25) is 5.02 Å². The summed E-state index contributed by atoms with van der Waals surface area (Å²) >= 11 is 7.37. The number of halogens is 1. The lowest BCUT2D eigenvalue weighted by molar-refractivity contribution is 0.528. The number of hydrogen-bond donors (Lipinski definition) is 0. The van der Waals surface area contributed by atoms with Gasteiger partial charge in [-0.2, -0.15) is 0 Å². The van der Waals surface area contributed by atoms with Gasteiger partial charge in [-0.05, 0) is 36.4 Å². The molecule has 0 aliphatic rings. The lowest BCUT2D eigenvalue weighted by Crippen LogP contribution is -1.87. The molecule has 0 atom stereocenters. The minimum atomic E-state index is 0.475. The second-order valence-electron chi connectivity index (χ2n) is 4.71. The fraction of sp³-hybridized carbons (Fsp3) is 0.0667. The maximum atomic E-state index is 5.87. The molecule has 3 heterocycles. The van der Waals surface area contributed by atoms with Crippen LogP contribution in [-0.4, -0.2) is 24.8 Å². The van der Waals surface area contributed by atoms with Crippen LogP contribution < -0.4 is 0 Å². The number of fused-ring (bicyclic) bond motifs is 1. The molecule has 4 rings (SSSR count). The van der Waals surface area contributed by atoms with E-state index in [0.29, 0.717) is 22.6 Å². The minimum absolute atomic E-state index is 0.475. The Hall–Kier alpha value is -2.38. The summed E-state index contributed by atoms with van der Waals surface area (Å²) in [7, 11) is 0. The molecular weight excluding hydrogens is 334 g/mol. The van der Waals surface area contributed by atoms with Crippen molar-refractivity contribution < 1.29 is 4.42 Å². The summed E-state index contributed by atoms with van der Waals surface area (Å²) in [6.07, 6.45) is 1.92. The third-order valence-electron chi connectivity index (χ3n) is 3.17. The van der Waals surface area contributed by atoms with Crippen molar-refractivity contribution in [3.8, 4) is 11.5 Å². The molecule has 0 aliphatic carbocycles. The molecule has 0 unspecified atom stereocenters. The zero-order valence-corrected chi connectivity index (χ0v) is 13.3. The van der Waals surface area contributed by atoms with Gasteiger partial charge in [0.15, 0.2) is 10.8 Å². The highest BCUT2D eigenvalue weighted by molar-refractivity contribution is 7.98. The minimum Gasteiger partial charge on any atom is -0.420 e. The molecule has 3 aromatic heterocycles. The number of thioether (sulfide) groups is 1. The van der Waals surface area contributed by atoms with Gasteiger partial charge in [-0.1, -0.05) is 29.4 Å². The largest absolute Gasteiger partial charge is 0.420 e. The van der Waals surface area contributed by atoms with Crippen LogP contribution in [0.4, 0.5) is 0 Å². The van der Waals surface area contributed by atoms with Crippen molar-refractivity contribution in [2.24, 2.45) is 0 Å². The average Bonchev–Trinajstić information content (AvgIpc) is 3.20. The molecule has 0 saturated heterocycles. The van der Waals surface area contributed by atoms with E-state index in [4.69, 9.17) is 16.0 Å². The first-order chi connectivity index (χ1) is 11.3. The molecule has 8 heteroatoms. The van der Waals surface area contributed by atoms with Gasteiger partial charge in [0.1, 0.15) is 0 Å². The second kappa shape index (κ2) is 6.02. The summed E-state index contributed by atoms with van der Waals surface area (Å²) < 4.78 is 7.59. The van der Waals surface area contributed by atoms with Crippen molar-refractivity contribution in [2.75, 3.05) is 0 Å². The maximum absolute atomic E-state index is 5.87. The first kappa shape index (κ1) is 14.2. The molecule has 0 radical (unpaired) electrons. The molecule has 1 aromatic carbocycles. The molecule has 0 aliphatic heterocycles. The van der Waals surface area contributed by atoms with Crippen LogP contribution in [0.15, 0.2) is 58.2 Å². The van der Waals surface area contributed by atoms with Crippen molar-refractivity contribution in [2.45, 2.75) is 10.9 Å². The summed E-state index contributed by atoms with van der Waals surface area (Å²) in [4.78, 5) is 0. The zero-order chi connectivity index (χ0) is 15.6. The van der Waals surface area contributed by atoms with Gasteiger partial charge >= 0.3 is 0 Å². The lowest BCUT2D eigenvalue weighted by atomic mass is 10.2. The Morgan fingerprint density at radius 3 is 2.74 bits per heavy atom. The van der Waals surface area contributed by atoms with Gasteiger partial charge in [-0.3, -0.25) is 4.40 Å².